The molecule has 6 heteroatoms. The van der Waals surface area contributed by atoms with E-state index in [0.29, 0.717) is 5.69 Å². The monoisotopic (exact) mass is 269 g/mol. The topological polar surface area (TPSA) is 75.4 Å². The average Bonchev–Trinajstić information content (AvgIpc) is 2.39. The van der Waals surface area contributed by atoms with Gasteiger partial charge in [0.25, 0.3) is 0 Å². The molecule has 0 atom stereocenters. The summed E-state index contributed by atoms with van der Waals surface area (Å²) in [5.74, 6) is 0. The standard InChI is InChI=1S/C12H19N3O2S/c1-14-18(16,17)10-5-6-12(11(13)9-10)15-7-3-2-4-8-15/h5-6,9,14H,2-4,7-8,13H2,1H3. The van der Waals surface area contributed by atoms with Gasteiger partial charge in [-0.15, -0.1) is 0 Å². The van der Waals surface area contributed by atoms with Crippen LogP contribution in [-0.4, -0.2) is 28.6 Å². The first kappa shape index (κ1) is 13.2. The molecule has 3 N–H and O–H groups in total. The Labute approximate surface area is 108 Å². The second-order valence-electron chi connectivity index (χ2n) is 4.48. The molecule has 1 heterocycles. The van der Waals surface area contributed by atoms with Crippen LogP contribution in [0.2, 0.25) is 0 Å². The quantitative estimate of drug-likeness (QED) is 0.808. The highest BCUT2D eigenvalue weighted by Gasteiger charge is 2.17. The Bertz CT molecular complexity index is 522. The zero-order valence-corrected chi connectivity index (χ0v) is 11.3. The summed E-state index contributed by atoms with van der Waals surface area (Å²) >= 11 is 0. The van der Waals surface area contributed by atoms with Gasteiger partial charge < -0.3 is 10.6 Å². The highest BCUT2D eigenvalue weighted by Crippen LogP contribution is 2.28. The van der Waals surface area contributed by atoms with Gasteiger partial charge >= 0.3 is 0 Å². The van der Waals surface area contributed by atoms with Crippen LogP contribution in [0.5, 0.6) is 0 Å². The molecule has 1 saturated heterocycles. The lowest BCUT2D eigenvalue weighted by atomic mass is 10.1. The largest absolute Gasteiger partial charge is 0.397 e. The molecule has 0 saturated carbocycles. The molecule has 0 aromatic heterocycles. The number of nitrogen functional groups attached to an aromatic ring is 1. The third kappa shape index (κ3) is 2.59. The Kier molecular flexibility index (Phi) is 3.77. The molecule has 1 fully saturated rings. The fourth-order valence-electron chi connectivity index (χ4n) is 2.24. The van der Waals surface area contributed by atoms with Crippen LogP contribution in [0, 0.1) is 0 Å². The summed E-state index contributed by atoms with van der Waals surface area (Å²) in [5, 5.41) is 0. The van der Waals surface area contributed by atoms with Crippen molar-refractivity contribution >= 4 is 21.4 Å². The number of hydrogen-bond acceptors (Lipinski definition) is 4. The molecule has 1 aromatic rings. The molecular formula is C12H19N3O2S. The summed E-state index contributed by atoms with van der Waals surface area (Å²) in [5.41, 5.74) is 7.43. The molecule has 1 aromatic carbocycles. The fourth-order valence-corrected chi connectivity index (χ4v) is 3.01. The van der Waals surface area contributed by atoms with Crippen LogP contribution in [0.1, 0.15) is 19.3 Å². The van der Waals surface area contributed by atoms with Crippen molar-refractivity contribution in [2.75, 3.05) is 30.8 Å². The van der Waals surface area contributed by atoms with Crippen LogP contribution in [-0.2, 0) is 10.0 Å². The van der Waals surface area contributed by atoms with E-state index in [1.54, 1.807) is 12.1 Å². The zero-order chi connectivity index (χ0) is 13.2. The maximum absolute atomic E-state index is 11.7. The van der Waals surface area contributed by atoms with Gasteiger partial charge in [0.05, 0.1) is 16.3 Å². The van der Waals surface area contributed by atoms with Gasteiger partial charge in [-0.3, -0.25) is 0 Å². The van der Waals surface area contributed by atoms with E-state index in [9.17, 15) is 8.42 Å². The number of nitrogens with zero attached hydrogens (tertiary/aromatic N) is 1. The lowest BCUT2D eigenvalue weighted by molar-refractivity contribution is 0.578. The number of sulfonamides is 1. The molecule has 0 bridgehead atoms. The second kappa shape index (κ2) is 5.16. The van der Waals surface area contributed by atoms with Crippen LogP contribution >= 0.6 is 0 Å². The predicted octanol–water partition coefficient (Wildman–Crippen LogP) is 1.17. The first-order valence-electron chi connectivity index (χ1n) is 6.12. The highest BCUT2D eigenvalue weighted by atomic mass is 32.2. The first-order valence-corrected chi connectivity index (χ1v) is 7.61. The lowest BCUT2D eigenvalue weighted by Crippen LogP contribution is -2.30. The van der Waals surface area contributed by atoms with E-state index in [1.165, 1.54) is 19.5 Å². The van der Waals surface area contributed by atoms with Crippen LogP contribution in [0.4, 0.5) is 11.4 Å². The Hall–Kier alpha value is -1.27. The molecule has 0 amide bonds. The number of nitrogens with two attached hydrogens (primary N) is 1. The molecule has 100 valence electrons. The van der Waals surface area contributed by atoms with Gasteiger partial charge in [-0.25, -0.2) is 13.1 Å². The molecule has 18 heavy (non-hydrogen) atoms. The fraction of sp³-hybridized carbons (Fsp3) is 0.500. The third-order valence-corrected chi connectivity index (χ3v) is 4.69. The van der Waals surface area contributed by atoms with Crippen molar-refractivity contribution in [1.29, 1.82) is 0 Å². The number of nitrogens with one attached hydrogen (secondary N) is 1. The number of benzene rings is 1. The van der Waals surface area contributed by atoms with Crippen molar-refractivity contribution in [2.24, 2.45) is 0 Å². The summed E-state index contributed by atoms with van der Waals surface area (Å²) in [6.45, 7) is 1.98. The van der Waals surface area contributed by atoms with Gasteiger partial charge in [-0.1, -0.05) is 0 Å². The van der Waals surface area contributed by atoms with E-state index >= 15 is 0 Å². The highest BCUT2D eigenvalue weighted by molar-refractivity contribution is 7.89. The van der Waals surface area contributed by atoms with Crippen LogP contribution in [0.3, 0.4) is 0 Å². The molecule has 0 radical (unpaired) electrons. The molecule has 0 spiro atoms. The van der Waals surface area contributed by atoms with Gasteiger partial charge in [0.15, 0.2) is 0 Å². The van der Waals surface area contributed by atoms with E-state index in [4.69, 9.17) is 5.73 Å². The number of piperidine rings is 1. The van der Waals surface area contributed by atoms with Crippen LogP contribution in [0.25, 0.3) is 0 Å². The van der Waals surface area contributed by atoms with Gasteiger partial charge in [-0.05, 0) is 44.5 Å². The van der Waals surface area contributed by atoms with Crippen molar-refractivity contribution in [3.63, 3.8) is 0 Å². The Morgan fingerprint density at radius 3 is 2.44 bits per heavy atom. The Morgan fingerprint density at radius 1 is 1.22 bits per heavy atom. The van der Waals surface area contributed by atoms with Crippen LogP contribution < -0.4 is 15.4 Å². The van der Waals surface area contributed by atoms with E-state index in [2.05, 4.69) is 9.62 Å². The van der Waals surface area contributed by atoms with Gasteiger partial charge in [0.1, 0.15) is 0 Å². The smallest absolute Gasteiger partial charge is 0.240 e. The molecule has 1 aliphatic heterocycles. The van der Waals surface area contributed by atoms with E-state index in [1.807, 2.05) is 0 Å². The number of anilines is 2. The first-order chi connectivity index (χ1) is 8.54. The van der Waals surface area contributed by atoms with Crippen molar-refractivity contribution in [3.8, 4) is 0 Å². The number of rotatable bonds is 3. The number of hydrogen-bond donors (Lipinski definition) is 2. The summed E-state index contributed by atoms with van der Waals surface area (Å²) in [6, 6.07) is 4.92. The van der Waals surface area contributed by atoms with E-state index in [-0.39, 0.29) is 4.90 Å². The van der Waals surface area contributed by atoms with Crippen molar-refractivity contribution in [3.05, 3.63) is 18.2 Å². The zero-order valence-electron chi connectivity index (χ0n) is 10.5. The third-order valence-electron chi connectivity index (χ3n) is 3.27. The molecule has 1 aliphatic rings. The molecular weight excluding hydrogens is 250 g/mol. The summed E-state index contributed by atoms with van der Waals surface area (Å²) in [4.78, 5) is 2.43. The Balaban J connectivity index is 2.30. The maximum atomic E-state index is 11.7. The maximum Gasteiger partial charge on any atom is 0.240 e. The van der Waals surface area contributed by atoms with E-state index in [0.717, 1.165) is 31.6 Å². The van der Waals surface area contributed by atoms with Gasteiger partial charge in [0.2, 0.25) is 10.0 Å². The summed E-state index contributed by atoms with van der Waals surface area (Å²) < 4.78 is 25.6. The summed E-state index contributed by atoms with van der Waals surface area (Å²) in [6.07, 6.45) is 3.58. The Morgan fingerprint density at radius 2 is 1.89 bits per heavy atom. The van der Waals surface area contributed by atoms with Crippen molar-refractivity contribution < 1.29 is 8.42 Å². The SMILES string of the molecule is CNS(=O)(=O)c1ccc(N2CCCCC2)c(N)c1. The average molecular weight is 269 g/mol. The lowest BCUT2D eigenvalue weighted by Gasteiger charge is -2.30. The van der Waals surface area contributed by atoms with Gasteiger partial charge in [0, 0.05) is 13.1 Å². The molecule has 5 nitrogen and oxygen atoms in total. The predicted molar refractivity (Wildman–Crippen MR) is 73.2 cm³/mol. The molecule has 0 aliphatic carbocycles. The van der Waals surface area contributed by atoms with Crippen LogP contribution in [0.15, 0.2) is 23.1 Å². The summed E-state index contributed by atoms with van der Waals surface area (Å²) in [7, 11) is -2.02. The molecule has 0 unspecified atom stereocenters. The van der Waals surface area contributed by atoms with Gasteiger partial charge in [-0.2, -0.15) is 0 Å². The van der Waals surface area contributed by atoms with Crippen molar-refractivity contribution in [2.45, 2.75) is 24.2 Å². The second-order valence-corrected chi connectivity index (χ2v) is 6.36. The van der Waals surface area contributed by atoms with E-state index < -0.39 is 10.0 Å². The minimum Gasteiger partial charge on any atom is -0.397 e. The van der Waals surface area contributed by atoms with Crippen molar-refractivity contribution in [1.82, 2.24) is 4.72 Å². The molecule has 2 rings (SSSR count). The minimum absolute atomic E-state index is 0.211. The normalized spacial score (nSPS) is 16.8. The minimum atomic E-state index is -3.42.